The van der Waals surface area contributed by atoms with E-state index in [2.05, 4.69) is 31.0 Å². The quantitative estimate of drug-likeness (QED) is 0.373. The predicted molar refractivity (Wildman–Crippen MR) is 106 cm³/mol. The van der Waals surface area contributed by atoms with Gasteiger partial charge in [-0.05, 0) is 19.5 Å². The minimum atomic E-state index is -0.270. The summed E-state index contributed by atoms with van der Waals surface area (Å²) in [7, 11) is 0. The summed E-state index contributed by atoms with van der Waals surface area (Å²) < 4.78 is 5.18. The fourth-order valence-electron chi connectivity index (χ4n) is 2.66. The van der Waals surface area contributed by atoms with Crippen molar-refractivity contribution in [1.29, 1.82) is 0 Å². The zero-order valence-corrected chi connectivity index (χ0v) is 17.1. The highest BCUT2D eigenvalue weighted by molar-refractivity contribution is 5.85. The van der Waals surface area contributed by atoms with E-state index in [0.29, 0.717) is 6.61 Å². The van der Waals surface area contributed by atoms with E-state index < -0.39 is 0 Å². The first-order chi connectivity index (χ1) is 11.2. The van der Waals surface area contributed by atoms with Crippen LogP contribution in [0.1, 0.15) is 85.0 Å². The van der Waals surface area contributed by atoms with Crippen molar-refractivity contribution in [2.45, 2.75) is 85.0 Å². The van der Waals surface area contributed by atoms with E-state index in [0.717, 1.165) is 32.6 Å². The maximum absolute atomic E-state index is 11.5. The van der Waals surface area contributed by atoms with Gasteiger partial charge in [0.1, 0.15) is 6.61 Å². The molecule has 0 saturated heterocycles. The molecule has 0 rings (SSSR count). The second-order valence-electron chi connectivity index (χ2n) is 6.27. The summed E-state index contributed by atoms with van der Waals surface area (Å²) in [4.78, 5) is 13.8. The van der Waals surface area contributed by atoms with Crippen LogP contribution in [0.4, 0.5) is 4.79 Å². The Morgan fingerprint density at radius 1 is 0.833 bits per heavy atom. The molecule has 146 valence electrons. The number of nitrogens with one attached hydrogen (secondary N) is 1. The number of nitrogens with zero attached hydrogens (tertiary/aromatic N) is 1. The highest BCUT2D eigenvalue weighted by atomic mass is 35.5. The third-order valence-electron chi connectivity index (χ3n) is 4.33. The molecule has 0 fully saturated rings. The highest BCUT2D eigenvalue weighted by Gasteiger charge is 2.03. The standard InChI is InChI=1S/C19H40N2O2.ClH/c1-4-7-8-9-10-11-12-13-14-15-16-20-19(22)23-18-17-21(5-2)6-3;/h4-18H2,1-3H3,(H,20,22);1H. The van der Waals surface area contributed by atoms with Gasteiger partial charge < -0.3 is 15.0 Å². The molecule has 0 aliphatic carbocycles. The predicted octanol–water partition coefficient (Wildman–Crippen LogP) is 5.40. The Morgan fingerprint density at radius 3 is 1.83 bits per heavy atom. The minimum absolute atomic E-state index is 0. The normalized spacial score (nSPS) is 10.5. The number of rotatable bonds is 16. The summed E-state index contributed by atoms with van der Waals surface area (Å²) in [5.41, 5.74) is 0. The van der Waals surface area contributed by atoms with Gasteiger partial charge in [-0.1, -0.05) is 78.6 Å². The van der Waals surface area contributed by atoms with Crippen molar-refractivity contribution in [2.24, 2.45) is 0 Å². The molecule has 0 saturated carbocycles. The van der Waals surface area contributed by atoms with Gasteiger partial charge in [-0.15, -0.1) is 12.4 Å². The molecular formula is C19H41ClN2O2. The third kappa shape index (κ3) is 17.9. The highest BCUT2D eigenvalue weighted by Crippen LogP contribution is 2.10. The number of alkyl carbamates (subject to hydrolysis) is 1. The van der Waals surface area contributed by atoms with Crippen molar-refractivity contribution in [3.05, 3.63) is 0 Å². The molecule has 0 aliphatic rings. The largest absolute Gasteiger partial charge is 0.448 e. The first-order valence-electron chi connectivity index (χ1n) is 9.87. The average molecular weight is 365 g/mol. The van der Waals surface area contributed by atoms with E-state index in [1.165, 1.54) is 57.8 Å². The summed E-state index contributed by atoms with van der Waals surface area (Å²) in [5.74, 6) is 0. The second-order valence-corrected chi connectivity index (χ2v) is 6.27. The van der Waals surface area contributed by atoms with Crippen LogP contribution in [0.5, 0.6) is 0 Å². The Balaban J connectivity index is 0. The van der Waals surface area contributed by atoms with Gasteiger partial charge >= 0.3 is 6.09 Å². The maximum atomic E-state index is 11.5. The summed E-state index contributed by atoms with van der Waals surface area (Å²) in [6.45, 7) is 10.5. The monoisotopic (exact) mass is 364 g/mol. The van der Waals surface area contributed by atoms with Crippen LogP contribution in [0.2, 0.25) is 0 Å². The molecule has 0 spiro atoms. The number of halogens is 1. The van der Waals surface area contributed by atoms with Crippen molar-refractivity contribution in [3.63, 3.8) is 0 Å². The Kier molecular flexibility index (Phi) is 22.1. The van der Waals surface area contributed by atoms with Gasteiger partial charge in [0.25, 0.3) is 0 Å². The molecule has 0 bridgehead atoms. The lowest BCUT2D eigenvalue weighted by atomic mass is 10.1. The number of amides is 1. The molecule has 0 aromatic carbocycles. The lowest BCUT2D eigenvalue weighted by molar-refractivity contribution is 0.129. The average Bonchev–Trinajstić information content (AvgIpc) is 2.56. The molecule has 0 heterocycles. The van der Waals surface area contributed by atoms with Gasteiger partial charge in [-0.3, -0.25) is 0 Å². The van der Waals surface area contributed by atoms with E-state index in [9.17, 15) is 4.79 Å². The van der Waals surface area contributed by atoms with Crippen molar-refractivity contribution < 1.29 is 9.53 Å². The van der Waals surface area contributed by atoms with Crippen LogP contribution in [0, 0.1) is 0 Å². The minimum Gasteiger partial charge on any atom is -0.448 e. The molecule has 1 amide bonds. The number of unbranched alkanes of at least 4 members (excludes halogenated alkanes) is 9. The third-order valence-corrected chi connectivity index (χ3v) is 4.33. The SMILES string of the molecule is CCCCCCCCCCCCNC(=O)OCCN(CC)CC.Cl. The number of carbonyl (C=O) groups is 1. The molecule has 5 heteroatoms. The Bertz CT molecular complexity index is 262. The summed E-state index contributed by atoms with van der Waals surface area (Å²) in [5, 5.41) is 2.84. The molecule has 0 aliphatic heterocycles. The molecule has 0 atom stereocenters. The topological polar surface area (TPSA) is 41.6 Å². The van der Waals surface area contributed by atoms with Crippen molar-refractivity contribution >= 4 is 18.5 Å². The smallest absolute Gasteiger partial charge is 0.407 e. The summed E-state index contributed by atoms with van der Waals surface area (Å²) in [6, 6.07) is 0. The van der Waals surface area contributed by atoms with Crippen LogP contribution >= 0.6 is 12.4 Å². The lowest BCUT2D eigenvalue weighted by Gasteiger charge is -2.17. The summed E-state index contributed by atoms with van der Waals surface area (Å²) >= 11 is 0. The number of likely N-dealkylation sites (N-methyl/N-ethyl adjacent to an activating group) is 1. The number of ether oxygens (including phenoxy) is 1. The van der Waals surface area contributed by atoms with Crippen molar-refractivity contribution in [1.82, 2.24) is 10.2 Å². The molecule has 0 unspecified atom stereocenters. The van der Waals surface area contributed by atoms with Gasteiger partial charge in [0, 0.05) is 13.1 Å². The summed E-state index contributed by atoms with van der Waals surface area (Å²) in [6.07, 6.45) is 12.9. The van der Waals surface area contributed by atoms with Gasteiger partial charge in [0.15, 0.2) is 0 Å². The second kappa shape index (κ2) is 20.6. The van der Waals surface area contributed by atoms with Gasteiger partial charge in [-0.2, -0.15) is 0 Å². The number of carbonyl (C=O) groups excluding carboxylic acids is 1. The molecule has 0 aromatic heterocycles. The van der Waals surface area contributed by atoms with Gasteiger partial charge in [0.2, 0.25) is 0 Å². The molecular weight excluding hydrogens is 324 g/mol. The fraction of sp³-hybridized carbons (Fsp3) is 0.947. The lowest BCUT2D eigenvalue weighted by Crippen LogP contribution is -2.31. The number of hydrogen-bond acceptors (Lipinski definition) is 3. The molecule has 1 N–H and O–H groups in total. The Labute approximate surface area is 156 Å². The van der Waals surface area contributed by atoms with E-state index in [1.54, 1.807) is 0 Å². The van der Waals surface area contributed by atoms with E-state index >= 15 is 0 Å². The van der Waals surface area contributed by atoms with Crippen molar-refractivity contribution in [2.75, 3.05) is 32.8 Å². The van der Waals surface area contributed by atoms with Crippen molar-refractivity contribution in [3.8, 4) is 0 Å². The zero-order valence-electron chi connectivity index (χ0n) is 16.3. The van der Waals surface area contributed by atoms with E-state index in [-0.39, 0.29) is 18.5 Å². The van der Waals surface area contributed by atoms with Gasteiger partial charge in [0.05, 0.1) is 0 Å². The van der Waals surface area contributed by atoms with Crippen LogP contribution in [0.15, 0.2) is 0 Å². The zero-order chi connectivity index (χ0) is 17.2. The van der Waals surface area contributed by atoms with Crippen LogP contribution in [0.3, 0.4) is 0 Å². The number of hydrogen-bond donors (Lipinski definition) is 1. The van der Waals surface area contributed by atoms with Crippen LogP contribution in [-0.4, -0.2) is 43.8 Å². The van der Waals surface area contributed by atoms with E-state index in [4.69, 9.17) is 4.74 Å². The first-order valence-corrected chi connectivity index (χ1v) is 9.87. The van der Waals surface area contributed by atoms with E-state index in [1.807, 2.05) is 0 Å². The Hall–Kier alpha value is -0.480. The van der Waals surface area contributed by atoms with Crippen LogP contribution in [0.25, 0.3) is 0 Å². The van der Waals surface area contributed by atoms with Gasteiger partial charge in [-0.25, -0.2) is 4.79 Å². The molecule has 0 radical (unpaired) electrons. The molecule has 4 nitrogen and oxygen atoms in total. The fourth-order valence-corrected chi connectivity index (χ4v) is 2.66. The molecule has 24 heavy (non-hydrogen) atoms. The van der Waals surface area contributed by atoms with Crippen LogP contribution in [-0.2, 0) is 4.74 Å². The Morgan fingerprint density at radius 2 is 1.33 bits per heavy atom. The molecule has 0 aromatic rings. The first kappa shape index (κ1) is 25.8. The maximum Gasteiger partial charge on any atom is 0.407 e. The van der Waals surface area contributed by atoms with Crippen LogP contribution < -0.4 is 5.32 Å².